The van der Waals surface area contributed by atoms with Crippen LogP contribution in [0.4, 0.5) is 18.0 Å². The smallest absolute Gasteiger partial charge is 0.329 e. The summed E-state index contributed by atoms with van der Waals surface area (Å²) in [6, 6.07) is 5.70. The molecule has 25 heavy (non-hydrogen) atoms. The molecule has 1 aromatic carbocycles. The third kappa shape index (κ3) is 4.45. The predicted molar refractivity (Wildman–Crippen MR) is 77.5 cm³/mol. The number of halogens is 3. The summed E-state index contributed by atoms with van der Waals surface area (Å²) in [5, 5.41) is 5.34. The summed E-state index contributed by atoms with van der Waals surface area (Å²) in [4.78, 5) is 25.0. The van der Waals surface area contributed by atoms with Gasteiger partial charge in [-0.25, -0.2) is 9.86 Å². The maximum atomic E-state index is 12.5. The van der Waals surface area contributed by atoms with Crippen LogP contribution in [0.2, 0.25) is 0 Å². The second kappa shape index (κ2) is 7.49. The number of aromatic nitrogens is 2. The van der Waals surface area contributed by atoms with Gasteiger partial charge in [0.1, 0.15) is 0 Å². The van der Waals surface area contributed by atoms with Crippen LogP contribution in [0.5, 0.6) is 0 Å². The van der Waals surface area contributed by atoms with E-state index in [0.717, 1.165) is 10.1 Å². The van der Waals surface area contributed by atoms with Gasteiger partial charge in [-0.05, 0) is 5.56 Å². The van der Waals surface area contributed by atoms with Crippen LogP contribution in [0.15, 0.2) is 28.8 Å². The summed E-state index contributed by atoms with van der Waals surface area (Å²) >= 11 is 0. The summed E-state index contributed by atoms with van der Waals surface area (Å²) in [7, 11) is 4.08. The molecule has 0 aliphatic heterocycles. The third-order valence-corrected chi connectivity index (χ3v) is 3.18. The molecule has 1 aromatic heterocycles. The quantitative estimate of drug-likeness (QED) is 0.763. The van der Waals surface area contributed by atoms with E-state index in [1.165, 1.54) is 33.4 Å². The highest BCUT2D eigenvalue weighted by molar-refractivity contribution is 5.71. The minimum absolute atomic E-state index is 0.101. The molecule has 1 heterocycles. The first-order valence-corrected chi connectivity index (χ1v) is 6.90. The topological polar surface area (TPSA) is 80.9 Å². The molecule has 11 heteroatoms. The maximum Gasteiger partial charge on any atom is 0.471 e. The highest BCUT2D eigenvalue weighted by Crippen LogP contribution is 2.29. The number of hydroxylamine groups is 4. The minimum Gasteiger partial charge on any atom is -0.329 e. The van der Waals surface area contributed by atoms with E-state index in [9.17, 15) is 18.0 Å². The number of hydrogen-bond donors (Lipinski definition) is 0. The zero-order valence-electron chi connectivity index (χ0n) is 13.6. The van der Waals surface area contributed by atoms with E-state index in [1.54, 1.807) is 12.1 Å². The number of carbonyl (C=O) groups is 1. The van der Waals surface area contributed by atoms with E-state index in [1.807, 2.05) is 0 Å². The fourth-order valence-electron chi connectivity index (χ4n) is 1.83. The summed E-state index contributed by atoms with van der Waals surface area (Å²) in [6.45, 7) is 0.101. The lowest BCUT2D eigenvalue weighted by Gasteiger charge is -2.24. The summed E-state index contributed by atoms with van der Waals surface area (Å²) < 4.78 is 41.6. The van der Waals surface area contributed by atoms with Gasteiger partial charge in [-0.2, -0.15) is 23.2 Å². The molecule has 0 aliphatic carbocycles. The molecule has 0 aliphatic rings. The number of urea groups is 1. The number of carbonyl (C=O) groups excluding carboxylic acids is 1. The van der Waals surface area contributed by atoms with E-state index in [4.69, 9.17) is 9.68 Å². The zero-order chi connectivity index (χ0) is 18.6. The molecular weight excluding hydrogens is 345 g/mol. The first-order chi connectivity index (χ1) is 11.8. The second-order valence-electron chi connectivity index (χ2n) is 4.80. The van der Waals surface area contributed by atoms with Crippen LogP contribution < -0.4 is 0 Å². The maximum absolute atomic E-state index is 12.5. The van der Waals surface area contributed by atoms with Crippen molar-refractivity contribution in [2.45, 2.75) is 12.7 Å². The third-order valence-electron chi connectivity index (χ3n) is 3.18. The fraction of sp³-hybridized carbons (Fsp3) is 0.357. The molecule has 0 fully saturated rings. The Kier molecular flexibility index (Phi) is 5.59. The number of nitrogens with zero attached hydrogens (tertiary/aromatic N) is 4. The van der Waals surface area contributed by atoms with Crippen molar-refractivity contribution in [3.05, 3.63) is 35.7 Å². The Morgan fingerprint density at radius 2 is 1.84 bits per heavy atom. The lowest BCUT2D eigenvalue weighted by atomic mass is 10.1. The fourth-order valence-corrected chi connectivity index (χ4v) is 1.83. The van der Waals surface area contributed by atoms with Crippen molar-refractivity contribution >= 4 is 6.03 Å². The van der Waals surface area contributed by atoms with Crippen molar-refractivity contribution in [1.82, 2.24) is 20.3 Å². The largest absolute Gasteiger partial charge is 0.471 e. The van der Waals surface area contributed by atoms with Gasteiger partial charge < -0.3 is 4.52 Å². The molecule has 0 saturated heterocycles. The summed E-state index contributed by atoms with van der Waals surface area (Å²) in [5.74, 6) is -1.59. The number of hydrogen-bond acceptors (Lipinski definition) is 6. The van der Waals surface area contributed by atoms with Crippen LogP contribution in [-0.4, -0.2) is 47.6 Å². The van der Waals surface area contributed by atoms with Gasteiger partial charge in [0, 0.05) is 12.6 Å². The SMILES string of the molecule is CON(C)C(=O)N(Cc1ccc(-c2noc(C(F)(F)F)n2)cc1)OC. The molecule has 0 N–H and O–H groups in total. The minimum atomic E-state index is -4.70. The van der Waals surface area contributed by atoms with Gasteiger partial charge in [-0.15, -0.1) is 0 Å². The van der Waals surface area contributed by atoms with Crippen molar-refractivity contribution < 1.29 is 32.2 Å². The van der Waals surface area contributed by atoms with E-state index < -0.39 is 18.1 Å². The lowest BCUT2D eigenvalue weighted by Crippen LogP contribution is -2.39. The molecule has 2 amide bonds. The second-order valence-corrected chi connectivity index (χ2v) is 4.80. The first kappa shape index (κ1) is 18.7. The molecule has 0 spiro atoms. The Hall–Kier alpha value is -2.66. The van der Waals surface area contributed by atoms with E-state index in [0.29, 0.717) is 11.1 Å². The monoisotopic (exact) mass is 360 g/mol. The molecule has 0 bridgehead atoms. The Bertz CT molecular complexity index is 718. The van der Waals surface area contributed by atoms with Crippen LogP contribution in [-0.2, 0) is 22.4 Å². The molecule has 0 atom stereocenters. The van der Waals surface area contributed by atoms with Gasteiger partial charge in [0.15, 0.2) is 0 Å². The molecule has 136 valence electrons. The average Bonchev–Trinajstić information content (AvgIpc) is 3.09. The molecule has 0 saturated carbocycles. The lowest BCUT2D eigenvalue weighted by molar-refractivity contribution is -0.159. The van der Waals surface area contributed by atoms with Crippen molar-refractivity contribution in [1.29, 1.82) is 0 Å². The van der Waals surface area contributed by atoms with Crippen molar-refractivity contribution in [3.63, 3.8) is 0 Å². The van der Waals surface area contributed by atoms with Crippen molar-refractivity contribution in [2.24, 2.45) is 0 Å². The van der Waals surface area contributed by atoms with E-state index in [2.05, 4.69) is 14.7 Å². The van der Waals surface area contributed by atoms with Gasteiger partial charge in [0.05, 0.1) is 20.8 Å². The average molecular weight is 360 g/mol. The number of benzene rings is 1. The summed E-state index contributed by atoms with van der Waals surface area (Å²) in [6.07, 6.45) is -4.70. The van der Waals surface area contributed by atoms with Crippen LogP contribution >= 0.6 is 0 Å². The molecule has 0 radical (unpaired) electrons. The van der Waals surface area contributed by atoms with Gasteiger partial charge in [-0.1, -0.05) is 29.4 Å². The molecule has 2 rings (SSSR count). The van der Waals surface area contributed by atoms with Crippen LogP contribution in [0.25, 0.3) is 11.4 Å². The Balaban J connectivity index is 2.11. The Morgan fingerprint density at radius 1 is 1.20 bits per heavy atom. The van der Waals surface area contributed by atoms with Gasteiger partial charge in [0.25, 0.3) is 0 Å². The van der Waals surface area contributed by atoms with Gasteiger partial charge in [0.2, 0.25) is 5.82 Å². The standard InChI is InChI=1S/C14H15F3N4O4/c1-20(23-2)13(22)21(24-3)8-9-4-6-10(7-5-9)11-18-12(25-19-11)14(15,16)17/h4-7H,8H2,1-3H3. The number of rotatable bonds is 5. The zero-order valence-corrected chi connectivity index (χ0v) is 13.6. The van der Waals surface area contributed by atoms with Crippen molar-refractivity contribution in [3.8, 4) is 11.4 Å². The predicted octanol–water partition coefficient (Wildman–Crippen LogP) is 2.73. The van der Waals surface area contributed by atoms with Gasteiger partial charge >= 0.3 is 18.1 Å². The Morgan fingerprint density at radius 3 is 2.32 bits per heavy atom. The van der Waals surface area contributed by atoms with E-state index >= 15 is 0 Å². The summed E-state index contributed by atoms with van der Waals surface area (Å²) in [5.41, 5.74) is 1.01. The number of alkyl halides is 3. The van der Waals surface area contributed by atoms with E-state index in [-0.39, 0.29) is 12.4 Å². The molecular formula is C14H15F3N4O4. The van der Waals surface area contributed by atoms with Crippen LogP contribution in [0.3, 0.4) is 0 Å². The van der Waals surface area contributed by atoms with Crippen LogP contribution in [0.1, 0.15) is 11.5 Å². The molecule has 2 aromatic rings. The Labute approximate surface area is 140 Å². The van der Waals surface area contributed by atoms with Crippen LogP contribution in [0, 0.1) is 0 Å². The first-order valence-electron chi connectivity index (χ1n) is 6.90. The highest BCUT2D eigenvalue weighted by atomic mass is 19.4. The normalized spacial score (nSPS) is 11.4. The molecule has 8 nitrogen and oxygen atoms in total. The highest BCUT2D eigenvalue weighted by Gasteiger charge is 2.38. The van der Waals surface area contributed by atoms with Crippen molar-refractivity contribution in [2.75, 3.05) is 21.3 Å². The molecule has 0 unspecified atom stereocenters. The van der Waals surface area contributed by atoms with Gasteiger partial charge in [-0.3, -0.25) is 9.68 Å². The number of amides is 2.